The normalized spacial score (nSPS) is 15.7. The van der Waals surface area contributed by atoms with Gasteiger partial charge in [0.2, 0.25) is 5.82 Å². The van der Waals surface area contributed by atoms with E-state index >= 15 is 0 Å². The van der Waals surface area contributed by atoms with Gasteiger partial charge in [-0.25, -0.2) is 17.7 Å². The van der Waals surface area contributed by atoms with Crippen LogP contribution in [0.1, 0.15) is 34.8 Å². The summed E-state index contributed by atoms with van der Waals surface area (Å²) in [5.74, 6) is -3.82. The minimum Gasteiger partial charge on any atom is -0.322 e. The molecule has 1 amide bonds. The first-order valence-corrected chi connectivity index (χ1v) is 10.4. The Bertz CT molecular complexity index is 1360. The topological polar surface area (TPSA) is 90.0 Å². The van der Waals surface area contributed by atoms with Crippen LogP contribution in [-0.4, -0.2) is 41.7 Å². The van der Waals surface area contributed by atoms with Crippen molar-refractivity contribution in [2.45, 2.75) is 31.7 Å². The lowest BCUT2D eigenvalue weighted by molar-refractivity contribution is -0.110. The minimum absolute atomic E-state index is 0.00541. The van der Waals surface area contributed by atoms with E-state index in [0.717, 1.165) is 9.27 Å². The van der Waals surface area contributed by atoms with Crippen LogP contribution in [0.5, 0.6) is 0 Å². The van der Waals surface area contributed by atoms with Crippen molar-refractivity contribution in [2.24, 2.45) is 0 Å². The molecule has 32 heavy (non-hydrogen) atoms. The number of anilines is 1. The zero-order chi connectivity index (χ0) is 22.6. The molecule has 3 aromatic heterocycles. The Morgan fingerprint density at radius 3 is 2.81 bits per heavy atom. The smallest absolute Gasteiger partial charge is 0.259 e. The molecule has 1 saturated carbocycles. The number of carbonyl (C=O) groups is 1. The van der Waals surface area contributed by atoms with Crippen molar-refractivity contribution in [3.63, 3.8) is 0 Å². The van der Waals surface area contributed by atoms with Gasteiger partial charge in [-0.2, -0.15) is 9.90 Å². The van der Waals surface area contributed by atoms with Gasteiger partial charge in [0.05, 0.1) is 28.9 Å². The first-order valence-electron chi connectivity index (χ1n) is 9.62. The molecular weight excluding hydrogens is 491 g/mol. The van der Waals surface area contributed by atoms with E-state index in [0.29, 0.717) is 22.3 Å². The molecule has 1 N–H and O–H groups in total. The van der Waals surface area contributed by atoms with E-state index in [-0.39, 0.29) is 24.2 Å². The summed E-state index contributed by atoms with van der Waals surface area (Å²) in [6.07, 6.45) is 2.40. The average molecular weight is 506 g/mol. The second-order valence-electron chi connectivity index (χ2n) is 7.69. The molecule has 0 spiro atoms. The highest BCUT2D eigenvalue weighted by atomic mass is 79.9. The maximum Gasteiger partial charge on any atom is 0.259 e. The van der Waals surface area contributed by atoms with Crippen LogP contribution in [-0.2, 0) is 0 Å². The molecule has 12 heteroatoms. The average Bonchev–Trinajstić information content (AvgIpc) is 3.35. The van der Waals surface area contributed by atoms with E-state index in [1.54, 1.807) is 29.8 Å². The van der Waals surface area contributed by atoms with Crippen LogP contribution in [0.25, 0.3) is 16.9 Å². The lowest BCUT2D eigenvalue weighted by Crippen LogP contribution is -2.38. The predicted molar refractivity (Wildman–Crippen MR) is 112 cm³/mol. The van der Waals surface area contributed by atoms with Crippen molar-refractivity contribution in [3.05, 3.63) is 58.1 Å². The number of nitrogens with zero attached hydrogens (tertiary/aromatic N) is 6. The van der Waals surface area contributed by atoms with Crippen LogP contribution in [0.4, 0.5) is 18.9 Å². The number of tetrazole rings is 1. The Morgan fingerprint density at radius 1 is 1.28 bits per heavy atom. The number of fused-ring (bicyclic) bond motifs is 1. The summed E-state index contributed by atoms with van der Waals surface area (Å²) >= 11 is 3.37. The molecule has 1 fully saturated rings. The fourth-order valence-electron chi connectivity index (χ4n) is 3.58. The number of hydrogen-bond acceptors (Lipinski definition) is 5. The lowest BCUT2D eigenvalue weighted by Gasteiger charge is -2.33. The highest BCUT2D eigenvalue weighted by molar-refractivity contribution is 9.10. The third-order valence-corrected chi connectivity index (χ3v) is 5.85. The Balaban J connectivity index is 1.43. The standard InChI is InChI=1S/C20H15BrF3N7O/c1-10-4-15(22)13(18-27-29-31(28-18)12-7-20(23,24)8-12)6-16(10)26-19(32)14-9-25-30-3-2-11(21)5-17(14)30/h2-6,9,12H,7-8H2,1H3,(H,26,32). The van der Waals surface area contributed by atoms with Gasteiger partial charge in [-0.1, -0.05) is 15.9 Å². The molecule has 164 valence electrons. The second kappa shape index (κ2) is 7.40. The molecule has 0 radical (unpaired) electrons. The second-order valence-corrected chi connectivity index (χ2v) is 8.60. The van der Waals surface area contributed by atoms with E-state index in [4.69, 9.17) is 0 Å². The molecule has 1 aliphatic carbocycles. The van der Waals surface area contributed by atoms with Crippen molar-refractivity contribution < 1.29 is 18.0 Å². The van der Waals surface area contributed by atoms with Gasteiger partial charge in [0.15, 0.2) is 0 Å². The fourth-order valence-corrected chi connectivity index (χ4v) is 3.91. The van der Waals surface area contributed by atoms with Gasteiger partial charge in [0.25, 0.3) is 11.8 Å². The minimum atomic E-state index is -2.74. The third kappa shape index (κ3) is 3.64. The van der Waals surface area contributed by atoms with Gasteiger partial charge < -0.3 is 5.32 Å². The summed E-state index contributed by atoms with van der Waals surface area (Å²) < 4.78 is 43.2. The van der Waals surface area contributed by atoms with E-state index in [2.05, 4.69) is 41.8 Å². The molecule has 0 unspecified atom stereocenters. The third-order valence-electron chi connectivity index (χ3n) is 5.35. The van der Waals surface area contributed by atoms with Gasteiger partial charge in [-0.3, -0.25) is 4.79 Å². The van der Waals surface area contributed by atoms with Crippen molar-refractivity contribution in [3.8, 4) is 11.4 Å². The number of amides is 1. The Hall–Kier alpha value is -3.28. The Morgan fingerprint density at radius 2 is 2.06 bits per heavy atom. The molecule has 4 aromatic rings. The van der Waals surface area contributed by atoms with Crippen molar-refractivity contribution in [2.75, 3.05) is 5.32 Å². The van der Waals surface area contributed by atoms with Crippen molar-refractivity contribution >= 4 is 33.0 Å². The molecule has 0 aliphatic heterocycles. The van der Waals surface area contributed by atoms with E-state index in [1.165, 1.54) is 18.3 Å². The SMILES string of the molecule is Cc1cc(F)c(-c2nnn(C3CC(F)(F)C3)n2)cc1NC(=O)c1cnn2ccc(Br)cc12. The fraction of sp³-hybridized carbons (Fsp3) is 0.250. The summed E-state index contributed by atoms with van der Waals surface area (Å²) in [4.78, 5) is 14.0. The number of carbonyl (C=O) groups excluding carboxylic acids is 1. The van der Waals surface area contributed by atoms with Crippen LogP contribution in [0, 0.1) is 12.7 Å². The quantitative estimate of drug-likeness (QED) is 0.443. The maximum atomic E-state index is 14.6. The zero-order valence-corrected chi connectivity index (χ0v) is 18.1. The molecule has 3 heterocycles. The number of pyridine rings is 1. The molecule has 0 bridgehead atoms. The lowest BCUT2D eigenvalue weighted by atomic mass is 9.89. The molecule has 5 rings (SSSR count). The first kappa shape index (κ1) is 20.6. The van der Waals surface area contributed by atoms with Crippen molar-refractivity contribution in [1.29, 1.82) is 0 Å². The van der Waals surface area contributed by atoms with Gasteiger partial charge in [0, 0.05) is 29.2 Å². The highest BCUT2D eigenvalue weighted by Gasteiger charge is 2.47. The zero-order valence-electron chi connectivity index (χ0n) is 16.6. The molecule has 0 saturated heterocycles. The summed E-state index contributed by atoms with van der Waals surface area (Å²) in [5, 5.41) is 18.6. The van der Waals surface area contributed by atoms with Crippen LogP contribution in [0.3, 0.4) is 0 Å². The Labute approximate surface area is 187 Å². The monoisotopic (exact) mass is 505 g/mol. The summed E-state index contributed by atoms with van der Waals surface area (Å²) in [6.45, 7) is 1.65. The largest absolute Gasteiger partial charge is 0.322 e. The maximum absolute atomic E-state index is 14.6. The number of aryl methyl sites for hydroxylation is 1. The molecular formula is C20H15BrF3N7O. The number of rotatable bonds is 4. The predicted octanol–water partition coefficient (Wildman–Crippen LogP) is 4.42. The molecule has 0 atom stereocenters. The van der Waals surface area contributed by atoms with Crippen LogP contribution in [0.15, 0.2) is 41.1 Å². The van der Waals surface area contributed by atoms with Gasteiger partial charge in [0.1, 0.15) is 5.82 Å². The number of hydrogen-bond donors (Lipinski definition) is 1. The van der Waals surface area contributed by atoms with Crippen LogP contribution in [0.2, 0.25) is 0 Å². The van der Waals surface area contributed by atoms with Gasteiger partial charge in [-0.15, -0.1) is 10.2 Å². The molecule has 1 aliphatic rings. The number of halogens is 4. The van der Waals surface area contributed by atoms with E-state index in [1.807, 2.05) is 0 Å². The van der Waals surface area contributed by atoms with E-state index in [9.17, 15) is 18.0 Å². The molecule has 8 nitrogen and oxygen atoms in total. The first-order chi connectivity index (χ1) is 15.2. The van der Waals surface area contributed by atoms with Gasteiger partial charge in [-0.05, 0) is 42.0 Å². The number of nitrogens with one attached hydrogen (secondary N) is 1. The van der Waals surface area contributed by atoms with Crippen molar-refractivity contribution in [1.82, 2.24) is 29.8 Å². The number of benzene rings is 1. The molecule has 1 aromatic carbocycles. The van der Waals surface area contributed by atoms with Gasteiger partial charge >= 0.3 is 0 Å². The summed E-state index contributed by atoms with van der Waals surface area (Å²) in [7, 11) is 0. The van der Waals surface area contributed by atoms with Crippen LogP contribution < -0.4 is 5.32 Å². The number of aromatic nitrogens is 6. The summed E-state index contributed by atoms with van der Waals surface area (Å²) in [5.41, 5.74) is 1.78. The van der Waals surface area contributed by atoms with E-state index < -0.39 is 23.7 Å². The van der Waals surface area contributed by atoms with Crippen LogP contribution >= 0.6 is 15.9 Å². The Kier molecular flexibility index (Phi) is 4.77. The highest BCUT2D eigenvalue weighted by Crippen LogP contribution is 2.44. The summed E-state index contributed by atoms with van der Waals surface area (Å²) in [6, 6.07) is 5.63. The number of alkyl halides is 2.